The van der Waals surface area contributed by atoms with Gasteiger partial charge in [0, 0.05) is 24.3 Å². The number of Topliss-reactive ketones (excluding diaryl/α,β-unsaturated/α-hetero) is 1. The number of aliphatic hydroxyl groups excluding tert-OH is 1. The van der Waals surface area contributed by atoms with Crippen molar-refractivity contribution in [2.45, 2.75) is 40.7 Å². The third-order valence-corrected chi connectivity index (χ3v) is 6.92. The molecule has 0 bridgehead atoms. The first-order valence-electron chi connectivity index (χ1n) is 12.9. The number of rotatable bonds is 8. The predicted octanol–water partition coefficient (Wildman–Crippen LogP) is 5.88. The third-order valence-electron chi connectivity index (χ3n) is 6.92. The lowest BCUT2D eigenvalue weighted by molar-refractivity contribution is -0.132. The fourth-order valence-corrected chi connectivity index (χ4v) is 4.95. The summed E-state index contributed by atoms with van der Waals surface area (Å²) >= 11 is 0. The number of hydrogen-bond donors (Lipinski definition) is 2. The zero-order chi connectivity index (χ0) is 27.6. The van der Waals surface area contributed by atoms with Gasteiger partial charge in [0.2, 0.25) is 0 Å². The van der Waals surface area contributed by atoms with Crippen molar-refractivity contribution >= 4 is 28.8 Å². The molecule has 7 heteroatoms. The number of benzene rings is 3. The number of phenols is 1. The third kappa shape index (κ3) is 4.84. The van der Waals surface area contributed by atoms with E-state index in [4.69, 9.17) is 4.74 Å². The lowest BCUT2D eigenvalue weighted by Crippen LogP contribution is -2.29. The Balaban J connectivity index is 1.92. The van der Waals surface area contributed by atoms with Gasteiger partial charge in [-0.25, -0.2) is 0 Å². The van der Waals surface area contributed by atoms with Gasteiger partial charge in [-0.2, -0.15) is 0 Å². The molecule has 2 N–H and O–H groups in total. The highest BCUT2D eigenvalue weighted by Crippen LogP contribution is 2.45. The normalized spacial score (nSPS) is 16.7. The van der Waals surface area contributed by atoms with Gasteiger partial charge in [0.15, 0.2) is 0 Å². The van der Waals surface area contributed by atoms with E-state index in [1.54, 1.807) is 30.3 Å². The van der Waals surface area contributed by atoms with E-state index < -0.39 is 17.7 Å². The molecule has 3 aromatic carbocycles. The van der Waals surface area contributed by atoms with Crippen molar-refractivity contribution in [2.75, 3.05) is 29.5 Å². The largest absolute Gasteiger partial charge is 0.507 e. The van der Waals surface area contributed by atoms with Crippen molar-refractivity contribution in [3.05, 3.63) is 88.5 Å². The number of phenolic OH excluding ortho intramolecular Hbond substituents is 1. The van der Waals surface area contributed by atoms with E-state index >= 15 is 0 Å². The molecule has 1 aliphatic heterocycles. The van der Waals surface area contributed by atoms with Crippen LogP contribution < -0.4 is 14.5 Å². The van der Waals surface area contributed by atoms with Crippen LogP contribution in [0.15, 0.2) is 66.2 Å². The van der Waals surface area contributed by atoms with E-state index in [1.807, 2.05) is 45.0 Å². The van der Waals surface area contributed by atoms with Crippen LogP contribution in [0.25, 0.3) is 5.76 Å². The Hall–Kier alpha value is -4.26. The summed E-state index contributed by atoms with van der Waals surface area (Å²) in [6.45, 7) is 11.9. The summed E-state index contributed by atoms with van der Waals surface area (Å²) in [6.07, 6.45) is 0. The minimum Gasteiger partial charge on any atom is -0.507 e. The first-order valence-corrected chi connectivity index (χ1v) is 12.9. The number of aryl methyl sites for hydroxylation is 2. The average molecular weight is 515 g/mol. The van der Waals surface area contributed by atoms with E-state index in [1.165, 1.54) is 11.0 Å². The number of carbonyl (C=O) groups is 2. The highest BCUT2D eigenvalue weighted by atomic mass is 16.5. The smallest absolute Gasteiger partial charge is 0.300 e. The van der Waals surface area contributed by atoms with Crippen LogP contribution in [0.4, 0.5) is 11.4 Å². The van der Waals surface area contributed by atoms with Crippen LogP contribution in [-0.4, -0.2) is 41.6 Å². The number of aliphatic hydroxyl groups is 1. The van der Waals surface area contributed by atoms with E-state index in [-0.39, 0.29) is 22.8 Å². The second-order valence-corrected chi connectivity index (χ2v) is 9.34. The summed E-state index contributed by atoms with van der Waals surface area (Å²) in [7, 11) is 0. The van der Waals surface area contributed by atoms with Gasteiger partial charge < -0.3 is 19.8 Å². The van der Waals surface area contributed by atoms with Gasteiger partial charge in [0.1, 0.15) is 17.3 Å². The van der Waals surface area contributed by atoms with Crippen molar-refractivity contribution in [3.8, 4) is 11.5 Å². The minimum absolute atomic E-state index is 0.0324. The van der Waals surface area contributed by atoms with Crippen LogP contribution in [0.3, 0.4) is 0 Å². The second kappa shape index (κ2) is 11.0. The zero-order valence-corrected chi connectivity index (χ0v) is 22.5. The number of ketones is 1. The Morgan fingerprint density at radius 2 is 1.63 bits per heavy atom. The fraction of sp³-hybridized carbons (Fsp3) is 0.290. The summed E-state index contributed by atoms with van der Waals surface area (Å²) in [4.78, 5) is 30.4. The summed E-state index contributed by atoms with van der Waals surface area (Å²) in [5.41, 5.74) is 3.85. The van der Waals surface area contributed by atoms with Crippen LogP contribution >= 0.6 is 0 Å². The van der Waals surface area contributed by atoms with Gasteiger partial charge in [-0.15, -0.1) is 0 Å². The van der Waals surface area contributed by atoms with Crippen molar-refractivity contribution < 1.29 is 24.5 Å². The van der Waals surface area contributed by atoms with Crippen LogP contribution in [0, 0.1) is 13.8 Å². The van der Waals surface area contributed by atoms with E-state index in [0.29, 0.717) is 23.5 Å². The summed E-state index contributed by atoms with van der Waals surface area (Å²) in [5, 5.41) is 22.2. The standard InChI is InChI=1S/C31H34N2O5/c1-6-32(7-2)23-13-10-21(11-14-23)28-27(29(35)22-12-16-26(38-8-3)20(5)18-22)30(36)31(37)33(28)24-17-19(4)9-15-25(24)34/h9-18,28,34-35H,6-8H2,1-5H3/b29-27-. The maximum Gasteiger partial charge on any atom is 0.300 e. The first kappa shape index (κ1) is 26.8. The molecule has 7 nitrogen and oxygen atoms in total. The predicted molar refractivity (Wildman–Crippen MR) is 150 cm³/mol. The number of ether oxygens (including phenoxy) is 1. The van der Waals surface area contributed by atoms with Gasteiger partial charge in [-0.1, -0.05) is 18.2 Å². The lowest BCUT2D eigenvalue weighted by Gasteiger charge is -2.27. The molecule has 1 unspecified atom stereocenters. The topological polar surface area (TPSA) is 90.3 Å². The SMILES string of the molecule is CCOc1ccc(/C(O)=C2/C(=O)C(=O)N(c3cc(C)ccc3O)C2c2ccc(N(CC)CC)cc2)cc1C. The molecule has 198 valence electrons. The lowest BCUT2D eigenvalue weighted by atomic mass is 9.94. The van der Waals surface area contributed by atoms with Crippen molar-refractivity contribution in [3.63, 3.8) is 0 Å². The van der Waals surface area contributed by atoms with Gasteiger partial charge in [0.25, 0.3) is 11.7 Å². The number of nitrogens with zero attached hydrogens (tertiary/aromatic N) is 2. The van der Waals surface area contributed by atoms with E-state index in [0.717, 1.165) is 29.9 Å². The molecule has 1 aliphatic rings. The van der Waals surface area contributed by atoms with Crippen molar-refractivity contribution in [2.24, 2.45) is 0 Å². The van der Waals surface area contributed by atoms with E-state index in [9.17, 15) is 19.8 Å². The Labute approximate surface area is 223 Å². The summed E-state index contributed by atoms with van der Waals surface area (Å²) in [6, 6.07) is 16.7. The Morgan fingerprint density at radius 1 is 0.947 bits per heavy atom. The Kier molecular flexibility index (Phi) is 7.76. The van der Waals surface area contributed by atoms with Crippen LogP contribution in [0.2, 0.25) is 0 Å². The number of anilines is 2. The maximum atomic E-state index is 13.5. The second-order valence-electron chi connectivity index (χ2n) is 9.34. The molecule has 1 atom stereocenters. The molecular formula is C31H34N2O5. The molecule has 1 heterocycles. The Bertz CT molecular complexity index is 1390. The van der Waals surface area contributed by atoms with Gasteiger partial charge >= 0.3 is 0 Å². The zero-order valence-electron chi connectivity index (χ0n) is 22.5. The molecule has 0 aliphatic carbocycles. The molecule has 0 saturated carbocycles. The molecule has 0 spiro atoms. The quantitative estimate of drug-likeness (QED) is 0.222. The molecule has 0 radical (unpaired) electrons. The van der Waals surface area contributed by atoms with Crippen LogP contribution in [0.1, 0.15) is 49.1 Å². The molecule has 1 fully saturated rings. The summed E-state index contributed by atoms with van der Waals surface area (Å²) < 4.78 is 5.61. The van der Waals surface area contributed by atoms with Gasteiger partial charge in [-0.05, 0) is 93.8 Å². The molecule has 3 aromatic rings. The first-order chi connectivity index (χ1) is 18.2. The highest BCUT2D eigenvalue weighted by Gasteiger charge is 2.47. The molecule has 1 saturated heterocycles. The maximum absolute atomic E-state index is 13.5. The van der Waals surface area contributed by atoms with Crippen LogP contribution in [0.5, 0.6) is 11.5 Å². The van der Waals surface area contributed by atoms with E-state index in [2.05, 4.69) is 18.7 Å². The molecular weight excluding hydrogens is 480 g/mol. The molecule has 0 aromatic heterocycles. The van der Waals surface area contributed by atoms with Gasteiger partial charge in [-0.3, -0.25) is 14.5 Å². The van der Waals surface area contributed by atoms with Crippen molar-refractivity contribution in [1.82, 2.24) is 0 Å². The monoisotopic (exact) mass is 514 g/mol. The van der Waals surface area contributed by atoms with Crippen LogP contribution in [-0.2, 0) is 9.59 Å². The molecule has 38 heavy (non-hydrogen) atoms. The number of hydrogen-bond acceptors (Lipinski definition) is 6. The van der Waals surface area contributed by atoms with Gasteiger partial charge in [0.05, 0.1) is 23.9 Å². The summed E-state index contributed by atoms with van der Waals surface area (Å²) in [5.74, 6) is -1.35. The molecule has 4 rings (SSSR count). The average Bonchev–Trinajstić information content (AvgIpc) is 3.17. The molecule has 1 amide bonds. The fourth-order valence-electron chi connectivity index (χ4n) is 4.95. The Morgan fingerprint density at radius 3 is 2.24 bits per heavy atom. The minimum atomic E-state index is -0.930. The number of aromatic hydroxyl groups is 1. The number of carbonyl (C=O) groups excluding carboxylic acids is 2. The van der Waals surface area contributed by atoms with Crippen molar-refractivity contribution in [1.29, 1.82) is 0 Å². The number of amides is 1. The highest BCUT2D eigenvalue weighted by molar-refractivity contribution is 6.52.